The number of nitrogens with two attached hydrogens (primary N) is 1. The molecule has 1 aromatic carbocycles. The Labute approximate surface area is 108 Å². The highest BCUT2D eigenvalue weighted by Gasteiger charge is 2.11. The Kier molecular flexibility index (Phi) is 5.94. The van der Waals surface area contributed by atoms with E-state index >= 15 is 0 Å². The van der Waals surface area contributed by atoms with E-state index in [1.807, 2.05) is 24.3 Å². The van der Waals surface area contributed by atoms with E-state index in [9.17, 15) is 4.79 Å². The lowest BCUT2D eigenvalue weighted by atomic mass is 10.2. The van der Waals surface area contributed by atoms with Crippen LogP contribution < -0.4 is 10.5 Å². The van der Waals surface area contributed by atoms with Gasteiger partial charge in [0, 0.05) is 26.1 Å². The maximum atomic E-state index is 11.8. The molecule has 0 spiro atoms. The average molecular weight is 248 g/mol. The number of benzene rings is 1. The smallest absolute Gasteiger partial charge is 0.224 e. The van der Waals surface area contributed by atoms with Gasteiger partial charge in [0.1, 0.15) is 5.75 Å². The first-order valence-corrected chi connectivity index (χ1v) is 5.93. The molecule has 1 rings (SSSR count). The van der Waals surface area contributed by atoms with Crippen molar-refractivity contribution in [2.24, 2.45) is 5.73 Å². The maximum absolute atomic E-state index is 11.8. The number of methoxy groups -OCH3 is 1. The number of carbonyl (C=O) groups excluding carboxylic acids is 1. The van der Waals surface area contributed by atoms with E-state index in [-0.39, 0.29) is 5.91 Å². The van der Waals surface area contributed by atoms with Gasteiger partial charge in [0.15, 0.2) is 0 Å². The summed E-state index contributed by atoms with van der Waals surface area (Å²) in [6, 6.07) is 7.67. The first-order chi connectivity index (χ1) is 8.71. The van der Waals surface area contributed by atoms with Crippen LogP contribution in [0, 0.1) is 0 Å². The summed E-state index contributed by atoms with van der Waals surface area (Å²) < 4.78 is 5.09. The van der Waals surface area contributed by atoms with Gasteiger partial charge in [-0.3, -0.25) is 4.79 Å². The molecular weight excluding hydrogens is 228 g/mol. The molecule has 0 bridgehead atoms. The third-order valence-corrected chi connectivity index (χ3v) is 2.59. The molecule has 0 radical (unpaired) electrons. The highest BCUT2D eigenvalue weighted by Crippen LogP contribution is 2.13. The normalized spacial score (nSPS) is 9.89. The summed E-state index contributed by atoms with van der Waals surface area (Å²) in [6.45, 7) is 5.13. The number of nitrogens with zero attached hydrogens (tertiary/aromatic N) is 1. The molecule has 0 fully saturated rings. The van der Waals surface area contributed by atoms with Gasteiger partial charge in [-0.05, 0) is 17.7 Å². The molecule has 4 nitrogen and oxygen atoms in total. The molecule has 0 aliphatic rings. The van der Waals surface area contributed by atoms with E-state index in [0.29, 0.717) is 26.1 Å². The van der Waals surface area contributed by atoms with Crippen molar-refractivity contribution in [3.05, 3.63) is 42.5 Å². The second-order valence-electron chi connectivity index (χ2n) is 3.95. The first-order valence-electron chi connectivity index (χ1n) is 5.93. The predicted octanol–water partition coefficient (Wildman–Crippen LogP) is 1.56. The predicted molar refractivity (Wildman–Crippen MR) is 72.3 cm³/mol. The van der Waals surface area contributed by atoms with Crippen molar-refractivity contribution in [1.29, 1.82) is 0 Å². The zero-order valence-electron chi connectivity index (χ0n) is 10.8. The van der Waals surface area contributed by atoms with Gasteiger partial charge >= 0.3 is 0 Å². The quantitative estimate of drug-likeness (QED) is 0.745. The molecule has 0 atom stereocenters. The van der Waals surface area contributed by atoms with E-state index in [1.165, 1.54) is 0 Å². The van der Waals surface area contributed by atoms with Gasteiger partial charge in [-0.15, -0.1) is 6.58 Å². The summed E-state index contributed by atoms with van der Waals surface area (Å²) in [7, 11) is 1.63. The van der Waals surface area contributed by atoms with E-state index in [1.54, 1.807) is 18.1 Å². The largest absolute Gasteiger partial charge is 0.497 e. The molecule has 98 valence electrons. The van der Waals surface area contributed by atoms with E-state index in [4.69, 9.17) is 10.5 Å². The fourth-order valence-electron chi connectivity index (χ4n) is 1.64. The number of amides is 1. The minimum atomic E-state index is 0.0493. The summed E-state index contributed by atoms with van der Waals surface area (Å²) in [5, 5.41) is 0. The minimum absolute atomic E-state index is 0.0493. The van der Waals surface area contributed by atoms with E-state index in [2.05, 4.69) is 6.58 Å². The molecule has 0 unspecified atom stereocenters. The molecule has 18 heavy (non-hydrogen) atoms. The van der Waals surface area contributed by atoms with Gasteiger partial charge in [-0.2, -0.15) is 0 Å². The fourth-order valence-corrected chi connectivity index (χ4v) is 1.64. The van der Waals surface area contributed by atoms with Crippen molar-refractivity contribution in [1.82, 2.24) is 4.90 Å². The lowest BCUT2D eigenvalue weighted by Gasteiger charge is -2.21. The lowest BCUT2D eigenvalue weighted by Crippen LogP contribution is -2.32. The standard InChI is InChI=1S/C14H20N2O2/c1-3-10-16(14(17)8-9-15)11-12-4-6-13(18-2)7-5-12/h3-7H,1,8-11,15H2,2H3. The third kappa shape index (κ3) is 4.22. The Morgan fingerprint density at radius 1 is 1.44 bits per heavy atom. The average Bonchev–Trinajstić information content (AvgIpc) is 2.39. The van der Waals surface area contributed by atoms with Gasteiger partial charge < -0.3 is 15.4 Å². The van der Waals surface area contributed by atoms with Gasteiger partial charge in [0.2, 0.25) is 5.91 Å². The summed E-state index contributed by atoms with van der Waals surface area (Å²) in [4.78, 5) is 13.6. The van der Waals surface area contributed by atoms with Crippen LogP contribution in [0.1, 0.15) is 12.0 Å². The third-order valence-electron chi connectivity index (χ3n) is 2.59. The molecular formula is C14H20N2O2. The number of hydrogen-bond acceptors (Lipinski definition) is 3. The summed E-state index contributed by atoms with van der Waals surface area (Å²) in [5.41, 5.74) is 6.46. The van der Waals surface area contributed by atoms with Crippen LogP contribution in [0.4, 0.5) is 0 Å². The topological polar surface area (TPSA) is 55.6 Å². The van der Waals surface area contributed by atoms with Gasteiger partial charge in [-0.25, -0.2) is 0 Å². The Hall–Kier alpha value is -1.81. The van der Waals surface area contributed by atoms with Crippen molar-refractivity contribution in [2.75, 3.05) is 20.2 Å². The van der Waals surface area contributed by atoms with Crippen LogP contribution in [-0.4, -0.2) is 31.0 Å². The molecule has 4 heteroatoms. The van der Waals surface area contributed by atoms with Crippen LogP contribution in [0.3, 0.4) is 0 Å². The summed E-state index contributed by atoms with van der Waals surface area (Å²) in [5.74, 6) is 0.857. The van der Waals surface area contributed by atoms with Gasteiger partial charge in [0.25, 0.3) is 0 Å². The van der Waals surface area contributed by atoms with Gasteiger partial charge in [-0.1, -0.05) is 18.2 Å². The fraction of sp³-hybridized carbons (Fsp3) is 0.357. The van der Waals surface area contributed by atoms with E-state index < -0.39 is 0 Å². The highest BCUT2D eigenvalue weighted by atomic mass is 16.5. The molecule has 0 saturated heterocycles. The highest BCUT2D eigenvalue weighted by molar-refractivity contribution is 5.76. The van der Waals surface area contributed by atoms with Crippen molar-refractivity contribution in [3.63, 3.8) is 0 Å². The summed E-state index contributed by atoms with van der Waals surface area (Å²) in [6.07, 6.45) is 2.09. The van der Waals surface area contributed by atoms with Crippen LogP contribution in [-0.2, 0) is 11.3 Å². The maximum Gasteiger partial charge on any atom is 0.224 e. The Balaban J connectivity index is 2.69. The van der Waals surface area contributed by atoms with Crippen LogP contribution in [0.2, 0.25) is 0 Å². The number of carbonyl (C=O) groups is 1. The molecule has 1 aromatic rings. The van der Waals surface area contributed by atoms with Crippen molar-refractivity contribution in [3.8, 4) is 5.75 Å². The Morgan fingerprint density at radius 3 is 2.61 bits per heavy atom. The molecule has 0 aromatic heterocycles. The summed E-state index contributed by atoms with van der Waals surface area (Å²) >= 11 is 0. The SMILES string of the molecule is C=CCN(Cc1ccc(OC)cc1)C(=O)CCN. The number of hydrogen-bond donors (Lipinski definition) is 1. The van der Waals surface area contributed by atoms with Crippen molar-refractivity contribution < 1.29 is 9.53 Å². The van der Waals surface area contributed by atoms with Crippen LogP contribution in [0.15, 0.2) is 36.9 Å². The molecule has 1 amide bonds. The minimum Gasteiger partial charge on any atom is -0.497 e. The zero-order valence-corrected chi connectivity index (χ0v) is 10.8. The number of ether oxygens (including phenoxy) is 1. The molecule has 0 aliphatic carbocycles. The first kappa shape index (κ1) is 14.3. The number of rotatable bonds is 7. The molecule has 0 saturated carbocycles. The monoisotopic (exact) mass is 248 g/mol. The second kappa shape index (κ2) is 7.50. The zero-order chi connectivity index (χ0) is 13.4. The van der Waals surface area contributed by atoms with Crippen LogP contribution in [0.5, 0.6) is 5.75 Å². The van der Waals surface area contributed by atoms with Crippen LogP contribution >= 0.6 is 0 Å². The second-order valence-corrected chi connectivity index (χ2v) is 3.95. The van der Waals surface area contributed by atoms with Crippen molar-refractivity contribution >= 4 is 5.91 Å². The van der Waals surface area contributed by atoms with Crippen LogP contribution in [0.25, 0.3) is 0 Å². The Bertz CT molecular complexity index is 387. The molecule has 0 heterocycles. The van der Waals surface area contributed by atoms with Gasteiger partial charge in [0.05, 0.1) is 7.11 Å². The van der Waals surface area contributed by atoms with Crippen molar-refractivity contribution in [2.45, 2.75) is 13.0 Å². The van der Waals surface area contributed by atoms with E-state index in [0.717, 1.165) is 11.3 Å². The molecule has 2 N–H and O–H groups in total. The lowest BCUT2D eigenvalue weighted by molar-refractivity contribution is -0.131. The Morgan fingerprint density at radius 2 is 2.11 bits per heavy atom. The molecule has 0 aliphatic heterocycles.